The number of hydrogen-bond donors (Lipinski definition) is 4. The van der Waals surface area contributed by atoms with E-state index in [-0.39, 0.29) is 5.95 Å². The first kappa shape index (κ1) is 12.2. The van der Waals surface area contributed by atoms with Crippen molar-refractivity contribution in [3.05, 3.63) is 11.8 Å². The van der Waals surface area contributed by atoms with Gasteiger partial charge in [0.2, 0.25) is 11.9 Å². The first-order valence-corrected chi connectivity index (χ1v) is 4.75. The number of primary amides is 1. The molecular weight excluding hydrogens is 208 g/mol. The van der Waals surface area contributed by atoms with Crippen molar-refractivity contribution < 1.29 is 4.79 Å². The van der Waals surface area contributed by atoms with Crippen LogP contribution in [-0.4, -0.2) is 21.4 Å². The first-order valence-electron chi connectivity index (χ1n) is 4.75. The lowest BCUT2D eigenvalue weighted by molar-refractivity contribution is -0.121. The molecule has 6 N–H and O–H groups in total. The Bertz CT molecular complexity index is 403. The number of amides is 1. The number of nitrogen functional groups attached to an aromatic ring is 1. The van der Waals surface area contributed by atoms with Gasteiger partial charge in [-0.3, -0.25) is 10.2 Å². The second kappa shape index (κ2) is 4.31. The van der Waals surface area contributed by atoms with Crippen LogP contribution in [0.15, 0.2) is 6.20 Å². The van der Waals surface area contributed by atoms with E-state index in [1.54, 1.807) is 20.0 Å². The monoisotopic (exact) mass is 224 g/mol. The molecule has 0 aliphatic carbocycles. The van der Waals surface area contributed by atoms with Crippen LogP contribution in [0.4, 0.5) is 11.8 Å². The SMILES string of the molecule is Cc1cnc(NN)nc1NC(C)(C)C(N)=O. The Balaban J connectivity index is 3.00. The van der Waals surface area contributed by atoms with E-state index in [2.05, 4.69) is 20.7 Å². The molecule has 0 aliphatic rings. The van der Waals surface area contributed by atoms with Crippen molar-refractivity contribution in [1.29, 1.82) is 0 Å². The molecule has 1 amide bonds. The molecule has 7 nitrogen and oxygen atoms in total. The molecule has 0 spiro atoms. The maximum atomic E-state index is 11.2. The van der Waals surface area contributed by atoms with Crippen LogP contribution in [0.2, 0.25) is 0 Å². The van der Waals surface area contributed by atoms with Crippen molar-refractivity contribution in [2.24, 2.45) is 11.6 Å². The molecule has 1 aromatic rings. The molecule has 0 radical (unpaired) electrons. The third-order valence-corrected chi connectivity index (χ3v) is 2.15. The fraction of sp³-hybridized carbons (Fsp3) is 0.444. The summed E-state index contributed by atoms with van der Waals surface area (Å²) >= 11 is 0. The highest BCUT2D eigenvalue weighted by molar-refractivity contribution is 5.86. The van der Waals surface area contributed by atoms with Gasteiger partial charge in [0.05, 0.1) is 0 Å². The van der Waals surface area contributed by atoms with E-state index in [1.807, 2.05) is 6.92 Å². The lowest BCUT2D eigenvalue weighted by Crippen LogP contribution is -2.45. The van der Waals surface area contributed by atoms with Gasteiger partial charge in [0.25, 0.3) is 0 Å². The quantitative estimate of drug-likeness (QED) is 0.413. The van der Waals surface area contributed by atoms with Crippen molar-refractivity contribution in [3.63, 3.8) is 0 Å². The van der Waals surface area contributed by atoms with Crippen LogP contribution in [0.3, 0.4) is 0 Å². The molecule has 1 aromatic heterocycles. The van der Waals surface area contributed by atoms with Gasteiger partial charge in [-0.15, -0.1) is 0 Å². The molecule has 0 unspecified atom stereocenters. The number of carbonyl (C=O) groups excluding carboxylic acids is 1. The Kier molecular flexibility index (Phi) is 3.28. The zero-order valence-corrected chi connectivity index (χ0v) is 9.53. The Morgan fingerprint density at radius 3 is 2.62 bits per heavy atom. The van der Waals surface area contributed by atoms with Gasteiger partial charge in [0.1, 0.15) is 11.4 Å². The Labute approximate surface area is 93.6 Å². The van der Waals surface area contributed by atoms with Gasteiger partial charge >= 0.3 is 0 Å². The van der Waals surface area contributed by atoms with Crippen molar-refractivity contribution in [2.75, 3.05) is 10.7 Å². The van der Waals surface area contributed by atoms with Gasteiger partial charge in [-0.05, 0) is 20.8 Å². The predicted molar refractivity (Wildman–Crippen MR) is 61.5 cm³/mol. The smallest absolute Gasteiger partial charge is 0.242 e. The number of aryl methyl sites for hydroxylation is 1. The lowest BCUT2D eigenvalue weighted by atomic mass is 10.1. The largest absolute Gasteiger partial charge is 0.368 e. The molecule has 0 saturated carbocycles. The summed E-state index contributed by atoms with van der Waals surface area (Å²) in [5.41, 5.74) is 7.50. The normalized spacial score (nSPS) is 11.0. The molecule has 0 aliphatic heterocycles. The van der Waals surface area contributed by atoms with E-state index in [9.17, 15) is 4.79 Å². The number of anilines is 2. The maximum Gasteiger partial charge on any atom is 0.242 e. The van der Waals surface area contributed by atoms with E-state index in [0.29, 0.717) is 5.82 Å². The van der Waals surface area contributed by atoms with Crippen LogP contribution in [0.5, 0.6) is 0 Å². The topological polar surface area (TPSA) is 119 Å². The molecule has 1 rings (SSSR count). The summed E-state index contributed by atoms with van der Waals surface area (Å²) in [7, 11) is 0. The molecule has 88 valence electrons. The second-order valence-corrected chi connectivity index (χ2v) is 3.98. The molecule has 0 aromatic carbocycles. The van der Waals surface area contributed by atoms with E-state index in [1.165, 1.54) is 0 Å². The Morgan fingerprint density at radius 1 is 1.50 bits per heavy atom. The number of hydrazine groups is 1. The van der Waals surface area contributed by atoms with E-state index in [0.717, 1.165) is 5.56 Å². The minimum atomic E-state index is -0.884. The lowest BCUT2D eigenvalue weighted by Gasteiger charge is -2.23. The van der Waals surface area contributed by atoms with Crippen LogP contribution in [0, 0.1) is 6.92 Å². The summed E-state index contributed by atoms with van der Waals surface area (Å²) in [6.45, 7) is 5.17. The molecule has 0 fully saturated rings. The number of nitrogens with one attached hydrogen (secondary N) is 2. The molecule has 16 heavy (non-hydrogen) atoms. The average molecular weight is 224 g/mol. The van der Waals surface area contributed by atoms with Crippen LogP contribution in [0.25, 0.3) is 0 Å². The zero-order chi connectivity index (χ0) is 12.3. The number of aromatic nitrogens is 2. The Morgan fingerprint density at radius 2 is 2.12 bits per heavy atom. The van der Waals surface area contributed by atoms with Crippen LogP contribution in [-0.2, 0) is 4.79 Å². The molecule has 1 heterocycles. The predicted octanol–water partition coefficient (Wildman–Crippen LogP) is -0.254. The molecule has 0 atom stereocenters. The number of carbonyl (C=O) groups is 1. The minimum Gasteiger partial charge on any atom is -0.368 e. The highest BCUT2D eigenvalue weighted by atomic mass is 16.1. The summed E-state index contributed by atoms with van der Waals surface area (Å²) in [6.07, 6.45) is 1.60. The van der Waals surface area contributed by atoms with Crippen molar-refractivity contribution in [2.45, 2.75) is 26.3 Å². The van der Waals surface area contributed by atoms with Crippen molar-refractivity contribution >= 4 is 17.7 Å². The highest BCUT2D eigenvalue weighted by Gasteiger charge is 2.25. The third-order valence-electron chi connectivity index (χ3n) is 2.15. The van der Waals surface area contributed by atoms with Crippen LogP contribution in [0.1, 0.15) is 19.4 Å². The fourth-order valence-electron chi connectivity index (χ4n) is 0.996. The van der Waals surface area contributed by atoms with E-state index in [4.69, 9.17) is 11.6 Å². The minimum absolute atomic E-state index is 0.272. The van der Waals surface area contributed by atoms with Gasteiger partial charge in [-0.1, -0.05) is 0 Å². The number of rotatable bonds is 4. The zero-order valence-electron chi connectivity index (χ0n) is 9.53. The third kappa shape index (κ3) is 2.57. The van der Waals surface area contributed by atoms with Gasteiger partial charge in [-0.2, -0.15) is 4.98 Å². The van der Waals surface area contributed by atoms with E-state index >= 15 is 0 Å². The van der Waals surface area contributed by atoms with Gasteiger partial charge in [0.15, 0.2) is 0 Å². The standard InChI is InChI=1S/C9H16N6O/c1-5-4-12-8(15-11)13-6(5)14-9(2,3)7(10)16/h4H,11H2,1-3H3,(H2,10,16)(H2,12,13,14,15). The number of hydrogen-bond acceptors (Lipinski definition) is 6. The van der Waals surface area contributed by atoms with Gasteiger partial charge in [-0.25, -0.2) is 10.8 Å². The van der Waals surface area contributed by atoms with Gasteiger partial charge in [0, 0.05) is 11.8 Å². The summed E-state index contributed by atoms with van der Waals surface area (Å²) in [6, 6.07) is 0. The molecular formula is C9H16N6O. The summed E-state index contributed by atoms with van der Waals surface area (Å²) < 4.78 is 0. The highest BCUT2D eigenvalue weighted by Crippen LogP contribution is 2.17. The summed E-state index contributed by atoms with van der Waals surface area (Å²) in [4.78, 5) is 19.2. The Hall–Kier alpha value is -1.89. The summed E-state index contributed by atoms with van der Waals surface area (Å²) in [5, 5.41) is 2.94. The fourth-order valence-corrected chi connectivity index (χ4v) is 0.996. The van der Waals surface area contributed by atoms with Crippen LogP contribution >= 0.6 is 0 Å². The number of nitrogens with two attached hydrogens (primary N) is 2. The molecule has 0 bridgehead atoms. The first-order chi connectivity index (χ1) is 7.36. The maximum absolute atomic E-state index is 11.2. The number of nitrogens with zero attached hydrogens (tertiary/aromatic N) is 2. The second-order valence-electron chi connectivity index (χ2n) is 3.98. The van der Waals surface area contributed by atoms with Crippen molar-refractivity contribution in [3.8, 4) is 0 Å². The summed E-state index contributed by atoms with van der Waals surface area (Å²) in [5.74, 6) is 5.52. The molecule has 7 heteroatoms. The molecule has 0 saturated heterocycles. The van der Waals surface area contributed by atoms with Crippen molar-refractivity contribution in [1.82, 2.24) is 9.97 Å². The van der Waals surface area contributed by atoms with Gasteiger partial charge < -0.3 is 11.1 Å². The average Bonchev–Trinajstić information content (AvgIpc) is 2.21. The van der Waals surface area contributed by atoms with E-state index < -0.39 is 11.4 Å². The van der Waals surface area contributed by atoms with Crippen LogP contribution < -0.4 is 22.3 Å².